The standard InChI is InChI=1S/C8H9N3O3/c1-11-4-6(3-9-5-12)7(10-11)8(13)14-2/h4H,3H2,1-2H3. The number of carbonyl (C=O) groups excluding carboxylic acids is 2. The van der Waals surface area contributed by atoms with Crippen molar-refractivity contribution in [3.63, 3.8) is 0 Å². The number of hydrogen-bond donors (Lipinski definition) is 0. The number of aryl methyl sites for hydroxylation is 1. The third-order valence-electron chi connectivity index (χ3n) is 1.60. The Morgan fingerprint density at radius 1 is 1.79 bits per heavy atom. The highest BCUT2D eigenvalue weighted by atomic mass is 16.5. The Bertz CT molecular complexity index is 391. The van der Waals surface area contributed by atoms with Crippen molar-refractivity contribution < 1.29 is 14.3 Å². The summed E-state index contributed by atoms with van der Waals surface area (Å²) in [5, 5.41) is 3.89. The van der Waals surface area contributed by atoms with Crippen LogP contribution in [0.4, 0.5) is 0 Å². The van der Waals surface area contributed by atoms with Crippen molar-refractivity contribution in [2.75, 3.05) is 7.11 Å². The summed E-state index contributed by atoms with van der Waals surface area (Å²) in [7, 11) is 2.93. The van der Waals surface area contributed by atoms with Crippen LogP contribution in [0.5, 0.6) is 0 Å². The van der Waals surface area contributed by atoms with Crippen molar-refractivity contribution in [2.45, 2.75) is 6.54 Å². The van der Waals surface area contributed by atoms with Crippen LogP contribution >= 0.6 is 0 Å². The van der Waals surface area contributed by atoms with Gasteiger partial charge in [-0.2, -0.15) is 5.10 Å². The fraction of sp³-hybridized carbons (Fsp3) is 0.375. The molecular formula is C8H9N3O3. The summed E-state index contributed by atoms with van der Waals surface area (Å²) in [6, 6.07) is 0. The van der Waals surface area contributed by atoms with Crippen molar-refractivity contribution in [1.82, 2.24) is 9.78 Å². The van der Waals surface area contributed by atoms with Gasteiger partial charge in [-0.3, -0.25) is 4.68 Å². The van der Waals surface area contributed by atoms with Gasteiger partial charge in [-0.05, 0) is 0 Å². The molecule has 0 amide bonds. The third kappa shape index (κ3) is 2.05. The average Bonchev–Trinajstić information content (AvgIpc) is 2.55. The molecule has 0 aromatic carbocycles. The van der Waals surface area contributed by atoms with E-state index in [1.54, 1.807) is 13.2 Å². The maximum absolute atomic E-state index is 11.2. The molecule has 0 fully saturated rings. The van der Waals surface area contributed by atoms with E-state index >= 15 is 0 Å². The molecule has 0 radical (unpaired) electrons. The molecule has 14 heavy (non-hydrogen) atoms. The lowest BCUT2D eigenvalue weighted by Crippen LogP contribution is -2.05. The van der Waals surface area contributed by atoms with Crippen LogP contribution in [0.1, 0.15) is 16.1 Å². The lowest BCUT2D eigenvalue weighted by atomic mass is 10.2. The fourth-order valence-corrected chi connectivity index (χ4v) is 1.04. The summed E-state index contributed by atoms with van der Waals surface area (Å²) in [6.07, 6.45) is 3.00. The van der Waals surface area contributed by atoms with E-state index in [0.717, 1.165) is 0 Å². The minimum absolute atomic E-state index is 0.0851. The van der Waals surface area contributed by atoms with E-state index in [4.69, 9.17) is 0 Å². The van der Waals surface area contributed by atoms with Gasteiger partial charge in [0.1, 0.15) is 0 Å². The van der Waals surface area contributed by atoms with Crippen LogP contribution in [-0.4, -0.2) is 28.9 Å². The molecule has 0 saturated carbocycles. The summed E-state index contributed by atoms with van der Waals surface area (Å²) >= 11 is 0. The van der Waals surface area contributed by atoms with E-state index in [9.17, 15) is 9.59 Å². The molecule has 0 aliphatic carbocycles. The number of isocyanates is 1. The first kappa shape index (κ1) is 10.1. The van der Waals surface area contributed by atoms with E-state index in [1.807, 2.05) is 0 Å². The molecule has 0 saturated heterocycles. The second kappa shape index (κ2) is 4.34. The molecule has 0 bridgehead atoms. The smallest absolute Gasteiger partial charge is 0.358 e. The third-order valence-corrected chi connectivity index (χ3v) is 1.60. The van der Waals surface area contributed by atoms with Crippen molar-refractivity contribution >= 4 is 12.0 Å². The SMILES string of the molecule is COC(=O)c1nn(C)cc1CN=C=O. The number of aliphatic imine (C=N–C) groups is 1. The number of esters is 1. The first-order valence-electron chi connectivity index (χ1n) is 3.83. The molecule has 0 N–H and O–H groups in total. The highest BCUT2D eigenvalue weighted by Gasteiger charge is 2.15. The van der Waals surface area contributed by atoms with Crippen molar-refractivity contribution in [1.29, 1.82) is 0 Å². The minimum atomic E-state index is -0.540. The first-order valence-corrected chi connectivity index (χ1v) is 3.83. The van der Waals surface area contributed by atoms with Gasteiger partial charge in [-0.15, -0.1) is 0 Å². The lowest BCUT2D eigenvalue weighted by Gasteiger charge is -1.95. The topological polar surface area (TPSA) is 73.5 Å². The lowest BCUT2D eigenvalue weighted by molar-refractivity contribution is 0.0592. The Morgan fingerprint density at radius 3 is 3.07 bits per heavy atom. The zero-order valence-electron chi connectivity index (χ0n) is 7.85. The van der Waals surface area contributed by atoms with Gasteiger partial charge in [-0.1, -0.05) is 0 Å². The van der Waals surface area contributed by atoms with E-state index in [2.05, 4.69) is 14.8 Å². The monoisotopic (exact) mass is 195 g/mol. The predicted octanol–water partition coefficient (Wildman–Crippen LogP) is 0.0425. The predicted molar refractivity (Wildman–Crippen MR) is 46.4 cm³/mol. The maximum atomic E-state index is 11.2. The zero-order valence-corrected chi connectivity index (χ0v) is 7.85. The van der Waals surface area contributed by atoms with Crippen LogP contribution in [0.3, 0.4) is 0 Å². The number of carbonyl (C=O) groups is 1. The second-order valence-corrected chi connectivity index (χ2v) is 2.58. The number of hydrogen-bond acceptors (Lipinski definition) is 5. The normalized spacial score (nSPS) is 9.29. The van der Waals surface area contributed by atoms with E-state index in [-0.39, 0.29) is 12.2 Å². The molecule has 1 aromatic rings. The number of ether oxygens (including phenoxy) is 1. The van der Waals surface area contributed by atoms with Crippen molar-refractivity contribution in [3.8, 4) is 0 Å². The minimum Gasteiger partial charge on any atom is -0.464 e. The molecule has 1 heterocycles. The Kier molecular flexibility index (Phi) is 3.14. The molecular weight excluding hydrogens is 186 g/mol. The van der Waals surface area contributed by atoms with Crippen LogP contribution in [0.15, 0.2) is 11.2 Å². The van der Waals surface area contributed by atoms with Gasteiger partial charge in [0.25, 0.3) is 0 Å². The molecule has 6 heteroatoms. The van der Waals surface area contributed by atoms with Gasteiger partial charge in [0.15, 0.2) is 5.69 Å². The summed E-state index contributed by atoms with van der Waals surface area (Å²) in [5.74, 6) is -0.540. The molecule has 0 aliphatic rings. The quantitative estimate of drug-likeness (QED) is 0.388. The Balaban J connectivity index is 3.01. The van der Waals surface area contributed by atoms with Crippen molar-refractivity contribution in [3.05, 3.63) is 17.5 Å². The van der Waals surface area contributed by atoms with Gasteiger partial charge in [-0.25, -0.2) is 14.6 Å². The molecule has 6 nitrogen and oxygen atoms in total. The Hall–Kier alpha value is -1.94. The van der Waals surface area contributed by atoms with Crippen LogP contribution in [0.2, 0.25) is 0 Å². The van der Waals surface area contributed by atoms with Crippen molar-refractivity contribution in [2.24, 2.45) is 12.0 Å². The van der Waals surface area contributed by atoms with Gasteiger partial charge >= 0.3 is 5.97 Å². The summed E-state index contributed by atoms with van der Waals surface area (Å²) in [5.41, 5.74) is 0.719. The number of rotatable bonds is 3. The number of aromatic nitrogens is 2. The molecule has 1 rings (SSSR count). The highest BCUT2D eigenvalue weighted by molar-refractivity contribution is 5.88. The number of nitrogens with zero attached hydrogens (tertiary/aromatic N) is 3. The Morgan fingerprint density at radius 2 is 2.50 bits per heavy atom. The molecule has 1 aromatic heterocycles. The molecule has 0 aliphatic heterocycles. The molecule has 0 unspecified atom stereocenters. The largest absolute Gasteiger partial charge is 0.464 e. The van der Waals surface area contributed by atoms with Crippen LogP contribution < -0.4 is 0 Å². The van der Waals surface area contributed by atoms with E-state index < -0.39 is 5.97 Å². The molecule has 74 valence electrons. The highest BCUT2D eigenvalue weighted by Crippen LogP contribution is 2.08. The average molecular weight is 195 g/mol. The van der Waals surface area contributed by atoms with Gasteiger partial charge in [0, 0.05) is 18.8 Å². The number of methoxy groups -OCH3 is 1. The van der Waals surface area contributed by atoms with E-state index in [1.165, 1.54) is 17.9 Å². The van der Waals surface area contributed by atoms with Crippen LogP contribution in [-0.2, 0) is 23.1 Å². The van der Waals surface area contributed by atoms with Crippen LogP contribution in [0.25, 0.3) is 0 Å². The van der Waals surface area contributed by atoms with Gasteiger partial charge in [0.2, 0.25) is 6.08 Å². The maximum Gasteiger partial charge on any atom is 0.358 e. The molecule has 0 spiro atoms. The second-order valence-electron chi connectivity index (χ2n) is 2.58. The van der Waals surface area contributed by atoms with Crippen LogP contribution in [0, 0.1) is 0 Å². The van der Waals surface area contributed by atoms with E-state index in [0.29, 0.717) is 5.56 Å². The fourth-order valence-electron chi connectivity index (χ4n) is 1.04. The summed E-state index contributed by atoms with van der Waals surface area (Å²) < 4.78 is 5.98. The zero-order chi connectivity index (χ0) is 10.6. The van der Waals surface area contributed by atoms with Gasteiger partial charge in [0.05, 0.1) is 13.7 Å². The Labute approximate surface area is 80.2 Å². The summed E-state index contributed by atoms with van der Waals surface area (Å²) in [6.45, 7) is 0.0851. The van der Waals surface area contributed by atoms with Gasteiger partial charge < -0.3 is 4.74 Å². The first-order chi connectivity index (χ1) is 6.69. The summed E-state index contributed by atoms with van der Waals surface area (Å²) in [4.78, 5) is 24.4. The molecule has 0 atom stereocenters.